The van der Waals surface area contributed by atoms with Crippen molar-refractivity contribution in [2.24, 2.45) is 0 Å². The largest absolute Gasteiger partial charge is 0.352 e. The monoisotopic (exact) mass is 474 g/mol. The van der Waals surface area contributed by atoms with Crippen molar-refractivity contribution >= 4 is 40.3 Å². The number of amides is 3. The summed E-state index contributed by atoms with van der Waals surface area (Å²) >= 11 is 6.01. The van der Waals surface area contributed by atoms with Crippen molar-refractivity contribution in [1.82, 2.24) is 25.4 Å². The van der Waals surface area contributed by atoms with Crippen LogP contribution >= 0.6 is 11.6 Å². The minimum Gasteiger partial charge on any atom is -0.352 e. The van der Waals surface area contributed by atoms with Crippen LogP contribution in [0.5, 0.6) is 0 Å². The zero-order valence-electron chi connectivity index (χ0n) is 18.3. The molecule has 1 aliphatic rings. The summed E-state index contributed by atoms with van der Waals surface area (Å²) in [7, 11) is 0. The number of hydrogen-bond donors (Lipinski definition) is 3. The Morgan fingerprint density at radius 2 is 2.00 bits per heavy atom. The molecule has 3 heterocycles. The number of anilines is 1. The third kappa shape index (κ3) is 4.72. The zero-order chi connectivity index (χ0) is 23.5. The minimum atomic E-state index is -0.212. The van der Waals surface area contributed by atoms with Gasteiger partial charge in [-0.25, -0.2) is 9.78 Å². The van der Waals surface area contributed by atoms with Gasteiger partial charge in [-0.2, -0.15) is 5.10 Å². The fourth-order valence-electron chi connectivity index (χ4n) is 4.18. The Kier molecular flexibility index (Phi) is 6.14. The predicted molar refractivity (Wildman–Crippen MR) is 131 cm³/mol. The summed E-state index contributed by atoms with van der Waals surface area (Å²) < 4.78 is 0. The quantitative estimate of drug-likeness (QED) is 0.404. The van der Waals surface area contributed by atoms with Gasteiger partial charge in [0.05, 0.1) is 6.20 Å². The van der Waals surface area contributed by atoms with Gasteiger partial charge in [0.1, 0.15) is 0 Å². The van der Waals surface area contributed by atoms with Gasteiger partial charge in [0.2, 0.25) is 0 Å². The molecule has 0 aliphatic carbocycles. The van der Waals surface area contributed by atoms with Crippen molar-refractivity contribution in [2.75, 3.05) is 18.4 Å². The highest BCUT2D eigenvalue weighted by atomic mass is 35.5. The number of carbonyl (C=O) groups is 2. The van der Waals surface area contributed by atoms with Crippen LogP contribution in [0.4, 0.5) is 10.5 Å². The smallest absolute Gasteiger partial charge is 0.322 e. The lowest BCUT2D eigenvalue weighted by Crippen LogP contribution is -2.39. The van der Waals surface area contributed by atoms with Crippen LogP contribution in [0.3, 0.4) is 0 Å². The van der Waals surface area contributed by atoms with Gasteiger partial charge in [-0.15, -0.1) is 0 Å². The molecule has 1 aliphatic heterocycles. The summed E-state index contributed by atoms with van der Waals surface area (Å²) in [6.45, 7) is 1.55. The number of H-pyrrole nitrogens is 1. The molecule has 9 heteroatoms. The number of urea groups is 1. The third-order valence-corrected chi connectivity index (χ3v) is 6.16. The summed E-state index contributed by atoms with van der Waals surface area (Å²) in [6.07, 6.45) is 4.99. The van der Waals surface area contributed by atoms with Gasteiger partial charge in [0, 0.05) is 47.5 Å². The number of carbonyl (C=O) groups excluding carboxylic acids is 2. The van der Waals surface area contributed by atoms with Gasteiger partial charge in [-0.1, -0.05) is 29.8 Å². The number of pyridine rings is 1. The first-order valence-electron chi connectivity index (χ1n) is 11.1. The average Bonchev–Trinajstić information content (AvgIpc) is 3.33. The molecule has 0 bridgehead atoms. The fraction of sp³-hybridized carbons (Fsp3) is 0.200. The first-order valence-corrected chi connectivity index (χ1v) is 11.4. The molecule has 172 valence electrons. The van der Waals surface area contributed by atoms with E-state index in [4.69, 9.17) is 11.6 Å². The van der Waals surface area contributed by atoms with Crippen LogP contribution in [0.1, 0.15) is 27.0 Å². The van der Waals surface area contributed by atoms with Gasteiger partial charge in [-0.05, 0) is 59.9 Å². The molecule has 8 nitrogen and oxygen atoms in total. The second-order valence-electron chi connectivity index (χ2n) is 8.21. The van der Waals surface area contributed by atoms with E-state index >= 15 is 0 Å². The van der Waals surface area contributed by atoms with Gasteiger partial charge in [0.15, 0.2) is 5.65 Å². The molecule has 0 saturated heterocycles. The fourth-order valence-corrected chi connectivity index (χ4v) is 4.40. The molecule has 4 aromatic rings. The number of fused-ring (bicyclic) bond motifs is 3. The Hall–Kier alpha value is -3.91. The molecular weight excluding hydrogens is 452 g/mol. The number of rotatable bonds is 5. The SMILES string of the molecule is O=C(NCCc1cccc(Cl)c1)c1cccc(NC(=O)N2CCc3c(cnc4[nH]ncc34)C2)c1. The number of hydrogen-bond acceptors (Lipinski definition) is 4. The number of aromatic amines is 1. The first kappa shape index (κ1) is 21.9. The van der Waals surface area contributed by atoms with Crippen molar-refractivity contribution < 1.29 is 9.59 Å². The lowest BCUT2D eigenvalue weighted by molar-refractivity contribution is 0.0954. The van der Waals surface area contributed by atoms with E-state index in [1.807, 2.05) is 24.3 Å². The normalized spacial score (nSPS) is 12.9. The van der Waals surface area contributed by atoms with Crippen LogP contribution in [-0.2, 0) is 19.4 Å². The van der Waals surface area contributed by atoms with Crippen molar-refractivity contribution in [3.05, 3.63) is 88.2 Å². The van der Waals surface area contributed by atoms with E-state index in [9.17, 15) is 9.59 Å². The highest BCUT2D eigenvalue weighted by Gasteiger charge is 2.23. The predicted octanol–water partition coefficient (Wildman–Crippen LogP) is 4.17. The van der Waals surface area contributed by atoms with Crippen molar-refractivity contribution in [3.63, 3.8) is 0 Å². The van der Waals surface area contributed by atoms with E-state index in [0.717, 1.165) is 28.6 Å². The molecular formula is C25H23ClN6O2. The topological polar surface area (TPSA) is 103 Å². The molecule has 3 amide bonds. The van der Waals surface area contributed by atoms with E-state index in [1.54, 1.807) is 41.6 Å². The van der Waals surface area contributed by atoms with Crippen LogP contribution in [0.15, 0.2) is 60.9 Å². The van der Waals surface area contributed by atoms with E-state index in [0.29, 0.717) is 42.3 Å². The van der Waals surface area contributed by atoms with Gasteiger partial charge in [-0.3, -0.25) is 9.89 Å². The number of nitrogens with one attached hydrogen (secondary N) is 3. The molecule has 0 atom stereocenters. The Labute approximate surface area is 201 Å². The number of benzene rings is 2. The summed E-state index contributed by atoms with van der Waals surface area (Å²) in [5, 5.41) is 14.5. The average molecular weight is 475 g/mol. The summed E-state index contributed by atoms with van der Waals surface area (Å²) in [5.74, 6) is -0.194. The molecule has 0 saturated carbocycles. The maximum atomic E-state index is 12.9. The lowest BCUT2D eigenvalue weighted by atomic mass is 9.99. The van der Waals surface area contributed by atoms with Crippen LogP contribution in [0.2, 0.25) is 5.02 Å². The second kappa shape index (κ2) is 9.52. The maximum absolute atomic E-state index is 12.9. The molecule has 0 radical (unpaired) electrons. The number of nitrogens with zero attached hydrogens (tertiary/aromatic N) is 3. The molecule has 0 fully saturated rings. The van der Waals surface area contributed by atoms with Crippen molar-refractivity contribution in [1.29, 1.82) is 0 Å². The van der Waals surface area contributed by atoms with Gasteiger partial charge >= 0.3 is 6.03 Å². The minimum absolute atomic E-state index is 0.194. The maximum Gasteiger partial charge on any atom is 0.322 e. The molecule has 2 aromatic heterocycles. The van der Waals surface area contributed by atoms with Gasteiger partial charge in [0.25, 0.3) is 5.91 Å². The first-order chi connectivity index (χ1) is 16.6. The number of halogens is 1. The lowest BCUT2D eigenvalue weighted by Gasteiger charge is -2.29. The van der Waals surface area contributed by atoms with Crippen molar-refractivity contribution in [3.8, 4) is 0 Å². The van der Waals surface area contributed by atoms with E-state index in [-0.39, 0.29) is 11.9 Å². The van der Waals surface area contributed by atoms with Gasteiger partial charge < -0.3 is 15.5 Å². The highest BCUT2D eigenvalue weighted by Crippen LogP contribution is 2.25. The summed E-state index contributed by atoms with van der Waals surface area (Å²) in [4.78, 5) is 31.6. The van der Waals surface area contributed by atoms with Crippen molar-refractivity contribution in [2.45, 2.75) is 19.4 Å². The molecule has 5 rings (SSSR count). The van der Waals surface area contributed by atoms with Crippen LogP contribution in [0, 0.1) is 0 Å². The molecule has 0 unspecified atom stereocenters. The van der Waals surface area contributed by atoms with E-state index in [1.165, 1.54) is 5.56 Å². The summed E-state index contributed by atoms with van der Waals surface area (Å²) in [5.41, 5.74) is 5.07. The van der Waals surface area contributed by atoms with E-state index in [2.05, 4.69) is 25.8 Å². The molecule has 0 spiro atoms. The molecule has 3 N–H and O–H groups in total. The third-order valence-electron chi connectivity index (χ3n) is 5.93. The Bertz CT molecular complexity index is 1370. The van der Waals surface area contributed by atoms with E-state index < -0.39 is 0 Å². The highest BCUT2D eigenvalue weighted by molar-refractivity contribution is 6.30. The number of aromatic nitrogens is 3. The van der Waals surface area contributed by atoms with Crippen LogP contribution in [-0.4, -0.2) is 45.1 Å². The van der Waals surface area contributed by atoms with Crippen LogP contribution in [0.25, 0.3) is 11.0 Å². The Morgan fingerprint density at radius 3 is 2.88 bits per heavy atom. The Balaban J connectivity index is 1.19. The standard InChI is InChI=1S/C25H23ClN6O2/c26-19-5-1-3-16(11-19)7-9-27-24(33)17-4-2-6-20(12-17)30-25(34)32-10-8-21-18(15-32)13-28-23-22(21)14-29-31-23/h1-6,11-14H,7-10,15H2,(H,27,33)(H,30,34)(H,28,29,31). The molecule has 34 heavy (non-hydrogen) atoms. The Morgan fingerprint density at radius 1 is 1.12 bits per heavy atom. The second-order valence-corrected chi connectivity index (χ2v) is 8.65. The summed E-state index contributed by atoms with van der Waals surface area (Å²) in [6, 6.07) is 14.3. The molecule has 2 aromatic carbocycles. The van der Waals surface area contributed by atoms with Crippen LogP contribution < -0.4 is 10.6 Å². The zero-order valence-corrected chi connectivity index (χ0v) is 19.1.